The molecule has 0 fully saturated rings. The molecule has 5 N–H and O–H groups in total. The molecule has 1 amide bonds. The number of rotatable bonds is 24. The zero-order valence-electron chi connectivity index (χ0n) is 27.8. The first-order valence-corrected chi connectivity index (χ1v) is 16.5. The number of carbonyl (C=O) groups excluding carboxylic acids is 2. The van der Waals surface area contributed by atoms with E-state index < -0.39 is 47.8 Å². The Morgan fingerprint density at radius 1 is 0.854 bits per heavy atom. The number of benzene rings is 2. The van der Waals surface area contributed by atoms with Gasteiger partial charge in [-0.25, -0.2) is 9.59 Å². The Hall–Kier alpha value is -4.51. The maximum atomic E-state index is 13.3. The molecule has 2 rings (SSSR count). The van der Waals surface area contributed by atoms with Crippen LogP contribution < -0.4 is 10.1 Å². The molecule has 11 nitrogen and oxygen atoms in total. The molecule has 0 radical (unpaired) electrons. The largest absolute Gasteiger partial charge is 0.494 e. The lowest BCUT2D eigenvalue weighted by Crippen LogP contribution is -2.55. The maximum absolute atomic E-state index is 13.3. The van der Waals surface area contributed by atoms with Gasteiger partial charge in [0.15, 0.2) is 5.60 Å². The molecule has 0 aliphatic carbocycles. The predicted octanol–water partition coefficient (Wildman–Crippen LogP) is 5.23. The van der Waals surface area contributed by atoms with Gasteiger partial charge in [0.2, 0.25) is 5.91 Å². The maximum Gasteiger partial charge on any atom is 0.337 e. The topological polar surface area (TPSA) is 188 Å². The summed E-state index contributed by atoms with van der Waals surface area (Å²) in [6.07, 6.45) is 7.03. The Labute approximate surface area is 282 Å². The quantitative estimate of drug-likeness (QED) is 0.0733. The van der Waals surface area contributed by atoms with Crippen LogP contribution in [-0.4, -0.2) is 68.3 Å². The van der Waals surface area contributed by atoms with E-state index in [1.807, 2.05) is 30.3 Å². The molecule has 0 bridgehead atoms. The number of unbranched alkanes of at least 4 members (excludes halogenated alkanes) is 4. The molecule has 0 heterocycles. The van der Waals surface area contributed by atoms with Crippen LogP contribution in [0.4, 0.5) is 0 Å². The Bertz CT molecular complexity index is 1360. The fraction of sp³-hybridized carbons (Fsp3) is 0.486. The first-order valence-electron chi connectivity index (χ1n) is 16.5. The number of aryl methyl sites for hydroxylation is 1. The van der Waals surface area contributed by atoms with E-state index in [4.69, 9.17) is 4.74 Å². The molecule has 262 valence electrons. The van der Waals surface area contributed by atoms with Crippen molar-refractivity contribution in [2.75, 3.05) is 6.61 Å². The Kier molecular flexibility index (Phi) is 17.1. The summed E-state index contributed by atoms with van der Waals surface area (Å²) in [5.74, 6) is -6.70. The molecule has 0 aromatic heterocycles. The van der Waals surface area contributed by atoms with Gasteiger partial charge in [-0.3, -0.25) is 14.4 Å². The Morgan fingerprint density at radius 2 is 1.52 bits per heavy atom. The number of aliphatic hydroxyl groups is 1. The van der Waals surface area contributed by atoms with Gasteiger partial charge in [0.05, 0.1) is 18.9 Å². The number of ether oxygens (including phenoxy) is 1. The number of carboxylic acids is 3. The number of amides is 1. The predicted molar refractivity (Wildman–Crippen MR) is 180 cm³/mol. The molecule has 2 aromatic carbocycles. The first-order chi connectivity index (χ1) is 22.8. The van der Waals surface area contributed by atoms with Crippen LogP contribution >= 0.6 is 0 Å². The number of nitrogens with one attached hydrogen (secondary N) is 1. The molecule has 0 aliphatic heterocycles. The van der Waals surface area contributed by atoms with E-state index >= 15 is 0 Å². The average Bonchev–Trinajstić information content (AvgIpc) is 3.03. The molecule has 0 spiro atoms. The molecule has 0 aliphatic rings. The number of hydrogen-bond donors (Lipinski definition) is 5. The normalized spacial score (nSPS) is 13.8. The van der Waals surface area contributed by atoms with Crippen molar-refractivity contribution in [3.05, 3.63) is 77.9 Å². The lowest BCUT2D eigenvalue weighted by molar-refractivity contribution is -0.172. The van der Waals surface area contributed by atoms with Crippen LogP contribution in [0.3, 0.4) is 0 Å². The van der Waals surface area contributed by atoms with Gasteiger partial charge in [-0.2, -0.15) is 0 Å². The molecule has 0 saturated heterocycles. The monoisotopic (exact) mass is 667 g/mol. The van der Waals surface area contributed by atoms with E-state index in [9.17, 15) is 44.4 Å². The fourth-order valence-electron chi connectivity index (χ4n) is 5.07. The van der Waals surface area contributed by atoms with Crippen molar-refractivity contribution in [1.29, 1.82) is 0 Å². The van der Waals surface area contributed by atoms with Crippen LogP contribution in [0.1, 0.15) is 82.8 Å². The second-order valence-electron chi connectivity index (χ2n) is 12.5. The summed E-state index contributed by atoms with van der Waals surface area (Å²) in [5.41, 5.74) is -1.35. The molecule has 2 aromatic rings. The number of aliphatic carboxylic acids is 3. The smallest absolute Gasteiger partial charge is 0.337 e. The molecule has 48 heavy (non-hydrogen) atoms. The van der Waals surface area contributed by atoms with E-state index in [2.05, 4.69) is 19.2 Å². The van der Waals surface area contributed by atoms with E-state index in [1.54, 1.807) is 24.3 Å². The third-order valence-corrected chi connectivity index (χ3v) is 7.97. The van der Waals surface area contributed by atoms with Gasteiger partial charge in [0.1, 0.15) is 17.6 Å². The summed E-state index contributed by atoms with van der Waals surface area (Å²) in [6.45, 7) is 4.68. The number of carbonyl (C=O) groups is 5. The Morgan fingerprint density at radius 3 is 2.12 bits per heavy atom. The standard InChI is InChI=1S/C37H49NO10/c1-26(2)22-23-48-30-20-17-28(18-21-30)24-32(35(43)44)38-34(42)31(37(47,36(45)46)25-33(40)41)15-11-6-4-3-5-10-14-29(39)19-16-27-12-8-7-9-13-27/h7-9,11-13,15,17-18,20-21,26,31-32,47H,3-6,10,14,16,19,22-25H2,1-2H3,(H,38,42)(H,40,41)(H,43,44)(H,45,46)/b15-11+/t31-,32+,37+/m1/s1. The first kappa shape index (κ1) is 39.7. The van der Waals surface area contributed by atoms with Crippen LogP contribution in [0, 0.1) is 11.8 Å². The minimum atomic E-state index is -3.02. The number of carboxylic acid groups (broad SMARTS) is 3. The minimum Gasteiger partial charge on any atom is -0.494 e. The lowest BCUT2D eigenvalue weighted by atomic mass is 9.82. The molecule has 11 heteroatoms. The highest BCUT2D eigenvalue weighted by Crippen LogP contribution is 2.26. The SMILES string of the molecule is CC(C)CCOc1ccc(C[C@H](NC(=O)[C@@H](/C=C/CCCCCCC(=O)CCc2ccccc2)[C@@](O)(CC(=O)O)C(=O)O)C(=O)O)cc1. The molecule has 0 saturated carbocycles. The number of allylic oxidation sites excluding steroid dienone is 1. The summed E-state index contributed by atoms with van der Waals surface area (Å²) in [4.78, 5) is 61.1. The van der Waals surface area contributed by atoms with Gasteiger partial charge >= 0.3 is 17.9 Å². The van der Waals surface area contributed by atoms with Gasteiger partial charge in [-0.15, -0.1) is 0 Å². The summed E-state index contributed by atoms with van der Waals surface area (Å²) in [5, 5.41) is 42.1. The highest BCUT2D eigenvalue weighted by Gasteiger charge is 2.49. The number of Topliss-reactive ketones (excluding diaryl/α,β-unsaturated/α-hetero) is 1. The second kappa shape index (κ2) is 20.7. The fourth-order valence-corrected chi connectivity index (χ4v) is 5.07. The van der Waals surface area contributed by atoms with Gasteiger partial charge in [0, 0.05) is 19.3 Å². The molecular formula is C37H49NO10. The zero-order chi connectivity index (χ0) is 35.5. The highest BCUT2D eigenvalue weighted by molar-refractivity contribution is 5.94. The van der Waals surface area contributed by atoms with Crippen LogP contribution in [0.2, 0.25) is 0 Å². The van der Waals surface area contributed by atoms with Crippen molar-refractivity contribution >= 4 is 29.6 Å². The molecule has 0 unspecified atom stereocenters. The van der Waals surface area contributed by atoms with Gasteiger partial charge in [-0.05, 0) is 61.3 Å². The van der Waals surface area contributed by atoms with Crippen molar-refractivity contribution in [3.63, 3.8) is 0 Å². The van der Waals surface area contributed by atoms with Crippen LogP contribution in [0.15, 0.2) is 66.7 Å². The van der Waals surface area contributed by atoms with E-state index in [-0.39, 0.29) is 12.2 Å². The minimum absolute atomic E-state index is 0.150. The van der Waals surface area contributed by atoms with Crippen LogP contribution in [-0.2, 0) is 36.8 Å². The van der Waals surface area contributed by atoms with Crippen molar-refractivity contribution < 1.29 is 49.1 Å². The third-order valence-electron chi connectivity index (χ3n) is 7.97. The second-order valence-corrected chi connectivity index (χ2v) is 12.5. The highest BCUT2D eigenvalue weighted by atomic mass is 16.5. The van der Waals surface area contributed by atoms with Crippen molar-refractivity contribution in [2.24, 2.45) is 11.8 Å². The van der Waals surface area contributed by atoms with Gasteiger partial charge in [0.25, 0.3) is 0 Å². The Balaban J connectivity index is 1.98. The summed E-state index contributed by atoms with van der Waals surface area (Å²) >= 11 is 0. The summed E-state index contributed by atoms with van der Waals surface area (Å²) in [7, 11) is 0. The summed E-state index contributed by atoms with van der Waals surface area (Å²) < 4.78 is 5.68. The van der Waals surface area contributed by atoms with Gasteiger partial charge < -0.3 is 30.5 Å². The molecular weight excluding hydrogens is 618 g/mol. The lowest BCUT2D eigenvalue weighted by Gasteiger charge is -2.29. The number of ketones is 1. The van der Waals surface area contributed by atoms with E-state index in [0.717, 1.165) is 37.3 Å². The van der Waals surface area contributed by atoms with Crippen molar-refractivity contribution in [1.82, 2.24) is 5.32 Å². The van der Waals surface area contributed by atoms with Gasteiger partial charge in [-0.1, -0.05) is 81.3 Å². The van der Waals surface area contributed by atoms with Crippen molar-refractivity contribution in [3.8, 4) is 5.75 Å². The average molecular weight is 668 g/mol. The van der Waals surface area contributed by atoms with E-state index in [0.29, 0.717) is 55.9 Å². The van der Waals surface area contributed by atoms with Crippen LogP contribution in [0.25, 0.3) is 0 Å². The third kappa shape index (κ3) is 14.5. The zero-order valence-corrected chi connectivity index (χ0v) is 27.8. The summed E-state index contributed by atoms with van der Waals surface area (Å²) in [6, 6.07) is 15.0. The number of hydrogen-bond acceptors (Lipinski definition) is 7. The van der Waals surface area contributed by atoms with Crippen LogP contribution in [0.5, 0.6) is 5.75 Å². The van der Waals surface area contributed by atoms with Crippen molar-refractivity contribution in [2.45, 2.75) is 96.1 Å². The van der Waals surface area contributed by atoms with E-state index in [1.165, 1.54) is 6.08 Å². The molecule has 3 atom stereocenters.